The van der Waals surface area contributed by atoms with Crippen LogP contribution in [-0.4, -0.2) is 5.11 Å². The molecule has 0 radical (unpaired) electrons. The van der Waals surface area contributed by atoms with Crippen molar-refractivity contribution in [2.45, 2.75) is 13.8 Å². The van der Waals surface area contributed by atoms with Crippen LogP contribution in [0, 0.1) is 13.8 Å². The summed E-state index contributed by atoms with van der Waals surface area (Å²) >= 11 is 0. The average Bonchev–Trinajstić information content (AvgIpc) is 3.07. The zero-order valence-corrected chi connectivity index (χ0v) is 16.0. The number of benzene rings is 3. The van der Waals surface area contributed by atoms with Gasteiger partial charge in [-0.25, -0.2) is 4.79 Å². The van der Waals surface area contributed by atoms with Gasteiger partial charge in [0.25, 0.3) is 0 Å². The third-order valence-electron chi connectivity index (χ3n) is 5.20. The Morgan fingerprint density at radius 3 is 2.34 bits per heavy atom. The Kier molecular flexibility index (Phi) is 3.81. The van der Waals surface area contributed by atoms with Crippen molar-refractivity contribution in [3.8, 4) is 28.2 Å². The Morgan fingerprint density at radius 2 is 1.59 bits per heavy atom. The molecule has 5 aromatic rings. The lowest BCUT2D eigenvalue weighted by atomic mass is 9.95. The maximum absolute atomic E-state index is 12.8. The van der Waals surface area contributed by atoms with Crippen LogP contribution in [-0.2, 0) is 0 Å². The molecule has 0 fully saturated rings. The lowest BCUT2D eigenvalue weighted by Crippen LogP contribution is -2.04. The van der Waals surface area contributed by atoms with Gasteiger partial charge in [0.2, 0.25) is 0 Å². The molecule has 2 aromatic heterocycles. The molecule has 0 bridgehead atoms. The van der Waals surface area contributed by atoms with E-state index in [1.54, 1.807) is 6.92 Å². The van der Waals surface area contributed by atoms with E-state index >= 15 is 0 Å². The smallest absolute Gasteiger partial charge is 0.347 e. The Balaban J connectivity index is 1.99. The molecule has 0 saturated heterocycles. The van der Waals surface area contributed by atoms with E-state index in [0.29, 0.717) is 22.7 Å². The first-order valence-electron chi connectivity index (χ1n) is 9.38. The minimum atomic E-state index is -0.591. The number of fused-ring (bicyclic) bond motifs is 3. The van der Waals surface area contributed by atoms with Gasteiger partial charge in [0.05, 0.1) is 0 Å². The number of rotatable bonds is 2. The van der Waals surface area contributed by atoms with E-state index in [2.05, 4.69) is 0 Å². The Morgan fingerprint density at radius 1 is 0.828 bits per heavy atom. The molecule has 0 unspecified atom stereocenters. The number of furan rings is 1. The lowest BCUT2D eigenvalue weighted by Gasteiger charge is -2.07. The van der Waals surface area contributed by atoms with Gasteiger partial charge in [-0.15, -0.1) is 0 Å². The summed E-state index contributed by atoms with van der Waals surface area (Å²) < 4.78 is 11.6. The second kappa shape index (κ2) is 6.38. The minimum Gasteiger partial charge on any atom is -0.507 e. The molecule has 4 heteroatoms. The fourth-order valence-electron chi connectivity index (χ4n) is 3.84. The van der Waals surface area contributed by atoms with Crippen LogP contribution in [0.5, 0.6) is 5.75 Å². The van der Waals surface area contributed by atoms with E-state index in [-0.39, 0.29) is 11.3 Å². The van der Waals surface area contributed by atoms with E-state index in [9.17, 15) is 9.90 Å². The fraction of sp³-hybridized carbons (Fsp3) is 0.0800. The maximum Gasteiger partial charge on any atom is 0.347 e. The van der Waals surface area contributed by atoms with Crippen LogP contribution in [0.1, 0.15) is 11.3 Å². The van der Waals surface area contributed by atoms with Gasteiger partial charge in [0, 0.05) is 22.6 Å². The van der Waals surface area contributed by atoms with Gasteiger partial charge in [0.1, 0.15) is 28.4 Å². The van der Waals surface area contributed by atoms with Crippen molar-refractivity contribution in [3.05, 3.63) is 88.5 Å². The second-order valence-electron chi connectivity index (χ2n) is 7.24. The molecule has 29 heavy (non-hydrogen) atoms. The molecule has 1 N–H and O–H groups in total. The SMILES string of the molecule is Cc1ccc(-c2oc3ccc4ccccc4c3c2-c2c(O)cc(C)oc2=O)cc1. The highest BCUT2D eigenvalue weighted by Crippen LogP contribution is 2.45. The van der Waals surface area contributed by atoms with Gasteiger partial charge >= 0.3 is 5.63 Å². The van der Waals surface area contributed by atoms with Crippen molar-refractivity contribution in [1.82, 2.24) is 0 Å². The van der Waals surface area contributed by atoms with E-state index < -0.39 is 5.63 Å². The number of aromatic hydroxyl groups is 1. The fourth-order valence-corrected chi connectivity index (χ4v) is 3.84. The highest BCUT2D eigenvalue weighted by atomic mass is 16.4. The van der Waals surface area contributed by atoms with Crippen molar-refractivity contribution in [3.63, 3.8) is 0 Å². The highest BCUT2D eigenvalue weighted by Gasteiger charge is 2.25. The molecule has 3 aromatic carbocycles. The van der Waals surface area contributed by atoms with Crippen LogP contribution in [0.15, 0.2) is 80.4 Å². The molecule has 142 valence electrons. The van der Waals surface area contributed by atoms with E-state index in [1.165, 1.54) is 6.07 Å². The summed E-state index contributed by atoms with van der Waals surface area (Å²) in [6.07, 6.45) is 0. The van der Waals surface area contributed by atoms with Crippen LogP contribution in [0.4, 0.5) is 0 Å². The van der Waals surface area contributed by atoms with Gasteiger partial charge in [-0.3, -0.25) is 0 Å². The van der Waals surface area contributed by atoms with Crippen molar-refractivity contribution in [1.29, 1.82) is 0 Å². The first-order valence-corrected chi connectivity index (χ1v) is 9.38. The predicted molar refractivity (Wildman–Crippen MR) is 114 cm³/mol. The maximum atomic E-state index is 12.8. The van der Waals surface area contributed by atoms with Gasteiger partial charge < -0.3 is 13.9 Å². The summed E-state index contributed by atoms with van der Waals surface area (Å²) in [7, 11) is 0. The first-order chi connectivity index (χ1) is 14.0. The van der Waals surface area contributed by atoms with Crippen LogP contribution < -0.4 is 5.63 Å². The van der Waals surface area contributed by atoms with Crippen molar-refractivity contribution >= 4 is 21.7 Å². The molecule has 0 aliphatic rings. The van der Waals surface area contributed by atoms with Crippen LogP contribution >= 0.6 is 0 Å². The quantitative estimate of drug-likeness (QED) is 0.395. The van der Waals surface area contributed by atoms with Crippen molar-refractivity contribution in [2.75, 3.05) is 0 Å². The van der Waals surface area contributed by atoms with E-state index in [0.717, 1.165) is 27.3 Å². The van der Waals surface area contributed by atoms with Crippen LogP contribution in [0.25, 0.3) is 44.2 Å². The summed E-state index contributed by atoms with van der Waals surface area (Å²) in [5.41, 5.74) is 2.66. The Labute approximate surface area is 166 Å². The molecule has 0 saturated carbocycles. The topological polar surface area (TPSA) is 63.6 Å². The first kappa shape index (κ1) is 17.3. The average molecular weight is 382 g/mol. The minimum absolute atomic E-state index is 0.112. The third kappa shape index (κ3) is 2.72. The zero-order valence-electron chi connectivity index (χ0n) is 16.0. The molecule has 5 rings (SSSR count). The molecule has 2 heterocycles. The van der Waals surface area contributed by atoms with Crippen molar-refractivity contribution < 1.29 is 13.9 Å². The number of aryl methyl sites for hydroxylation is 2. The van der Waals surface area contributed by atoms with E-state index in [4.69, 9.17) is 8.83 Å². The molecular formula is C25H18O4. The Hall–Kier alpha value is -3.79. The molecule has 0 amide bonds. The molecule has 0 aliphatic heterocycles. The molecule has 0 aliphatic carbocycles. The number of hydrogen-bond donors (Lipinski definition) is 1. The molecule has 4 nitrogen and oxygen atoms in total. The normalized spacial score (nSPS) is 11.4. The summed E-state index contributed by atoms with van der Waals surface area (Å²) in [5.74, 6) is 0.761. The van der Waals surface area contributed by atoms with Crippen LogP contribution in [0.2, 0.25) is 0 Å². The summed E-state index contributed by atoms with van der Waals surface area (Å²) in [4.78, 5) is 12.8. The lowest BCUT2D eigenvalue weighted by molar-refractivity contribution is 0.438. The Bertz CT molecular complexity index is 1440. The van der Waals surface area contributed by atoms with Crippen molar-refractivity contribution in [2.24, 2.45) is 0 Å². The largest absolute Gasteiger partial charge is 0.507 e. The van der Waals surface area contributed by atoms with Gasteiger partial charge in [-0.2, -0.15) is 0 Å². The second-order valence-corrected chi connectivity index (χ2v) is 7.24. The molecule has 0 spiro atoms. The van der Waals surface area contributed by atoms with Gasteiger partial charge in [0.15, 0.2) is 0 Å². The van der Waals surface area contributed by atoms with Gasteiger partial charge in [-0.1, -0.05) is 60.2 Å². The summed E-state index contributed by atoms with van der Waals surface area (Å²) in [6.45, 7) is 3.64. The standard InChI is InChI=1S/C25H18O4/c1-14-7-9-17(10-8-14)24-23(22-19(26)13-15(2)28-25(22)27)21-18-6-4-3-5-16(18)11-12-20(21)29-24/h3-13,26H,1-2H3. The number of hydrogen-bond acceptors (Lipinski definition) is 4. The van der Waals surface area contributed by atoms with Gasteiger partial charge in [-0.05, 0) is 30.7 Å². The monoisotopic (exact) mass is 382 g/mol. The zero-order chi connectivity index (χ0) is 20.1. The molecule has 0 atom stereocenters. The van der Waals surface area contributed by atoms with E-state index in [1.807, 2.05) is 67.6 Å². The summed E-state index contributed by atoms with van der Waals surface area (Å²) in [6, 6.07) is 21.1. The highest BCUT2D eigenvalue weighted by molar-refractivity contribution is 6.16. The predicted octanol–water partition coefficient (Wildman–Crippen LogP) is 6.20. The van der Waals surface area contributed by atoms with Crippen LogP contribution in [0.3, 0.4) is 0 Å². The summed E-state index contributed by atoms with van der Waals surface area (Å²) in [5, 5.41) is 13.4. The molecular weight excluding hydrogens is 364 g/mol. The third-order valence-corrected chi connectivity index (χ3v) is 5.20.